The van der Waals surface area contributed by atoms with Crippen molar-refractivity contribution in [2.45, 2.75) is 39.2 Å². The third kappa shape index (κ3) is 5.97. The van der Waals surface area contributed by atoms with E-state index in [-0.39, 0.29) is 24.3 Å². The van der Waals surface area contributed by atoms with Crippen LogP contribution in [0, 0.1) is 6.92 Å². The lowest BCUT2D eigenvalue weighted by molar-refractivity contribution is -0.143. The summed E-state index contributed by atoms with van der Waals surface area (Å²) in [5, 5.41) is 2.84. The lowest BCUT2D eigenvalue weighted by atomic mass is 10.2. The zero-order valence-corrected chi connectivity index (χ0v) is 18.4. The molecule has 1 aliphatic rings. The Bertz CT molecular complexity index is 713. The molecule has 0 radical (unpaired) electrons. The summed E-state index contributed by atoms with van der Waals surface area (Å²) in [5.74, 6) is 0.688. The quantitative estimate of drug-likeness (QED) is 0.684. The number of hydrogen-bond donors (Lipinski definition) is 1. The van der Waals surface area contributed by atoms with E-state index >= 15 is 0 Å². The number of nitrogens with one attached hydrogen (secondary N) is 1. The number of benzene rings is 1. The van der Waals surface area contributed by atoms with Crippen LogP contribution in [0.3, 0.4) is 0 Å². The number of nitrogens with zero attached hydrogens (tertiary/aromatic N) is 2. The first-order valence-electron chi connectivity index (χ1n) is 9.01. The second kappa shape index (κ2) is 10.1. The number of aryl methyl sites for hydroxylation is 1. The van der Waals surface area contributed by atoms with Gasteiger partial charge in [0.25, 0.3) is 0 Å². The molecule has 1 aromatic carbocycles. The number of likely N-dealkylation sites (N-methyl/N-ethyl adjacent to an activating group) is 1. The Balaban J connectivity index is 1.93. The van der Waals surface area contributed by atoms with Crippen LogP contribution in [0.2, 0.25) is 0 Å². The number of unbranched alkanes of at least 4 members (excludes halogenated alkanes) is 1. The Kier molecular flexibility index (Phi) is 8.16. The third-order valence-corrected chi connectivity index (χ3v) is 5.96. The van der Waals surface area contributed by atoms with Gasteiger partial charge in [0.1, 0.15) is 6.04 Å². The Morgan fingerprint density at radius 2 is 2.11 bits per heavy atom. The highest BCUT2D eigenvalue weighted by Gasteiger charge is 2.36. The van der Waals surface area contributed by atoms with Crippen LogP contribution in [0.1, 0.15) is 31.7 Å². The highest BCUT2D eigenvalue weighted by atomic mass is 79.9. The van der Waals surface area contributed by atoms with Gasteiger partial charge in [-0.05, 0) is 37.1 Å². The summed E-state index contributed by atoms with van der Waals surface area (Å²) in [6.45, 7) is 3.89. The number of hydrogen-bond acceptors (Lipinski definition) is 4. The second-order valence-electron chi connectivity index (χ2n) is 6.68. The van der Waals surface area contributed by atoms with Crippen molar-refractivity contribution in [2.75, 3.05) is 30.5 Å². The zero-order valence-electron chi connectivity index (χ0n) is 16.0. The van der Waals surface area contributed by atoms with E-state index in [1.165, 1.54) is 4.90 Å². The topological polar surface area (TPSA) is 69.7 Å². The molecule has 1 N–H and O–H groups in total. The molecule has 1 atom stereocenters. The van der Waals surface area contributed by atoms with Crippen LogP contribution in [0.4, 0.5) is 5.69 Å². The first-order chi connectivity index (χ1) is 12.8. The summed E-state index contributed by atoms with van der Waals surface area (Å²) in [4.78, 5) is 40.5. The standard InChI is InChI=1S/C19H26BrN3O3S/c1-4-5-6-18(25)23-12-27-11-16(23)19(26)22(3)10-17(24)21-15-8-7-14(20)9-13(15)2/h7-9,16H,4-6,10-12H2,1-3H3,(H,21,24)/t16-/m0/s1. The van der Waals surface area contributed by atoms with Gasteiger partial charge in [-0.1, -0.05) is 29.3 Å². The number of carbonyl (C=O) groups is 3. The van der Waals surface area contributed by atoms with Crippen molar-refractivity contribution in [3.8, 4) is 0 Å². The molecule has 148 valence electrons. The van der Waals surface area contributed by atoms with Crippen molar-refractivity contribution in [1.29, 1.82) is 0 Å². The minimum absolute atomic E-state index is 0.0172. The smallest absolute Gasteiger partial charge is 0.246 e. The molecule has 1 aromatic rings. The number of anilines is 1. The maximum Gasteiger partial charge on any atom is 0.246 e. The fourth-order valence-corrected chi connectivity index (χ4v) is 4.52. The van der Waals surface area contributed by atoms with Crippen molar-refractivity contribution in [2.24, 2.45) is 0 Å². The van der Waals surface area contributed by atoms with Gasteiger partial charge in [-0.3, -0.25) is 14.4 Å². The summed E-state index contributed by atoms with van der Waals surface area (Å²) in [7, 11) is 1.61. The van der Waals surface area contributed by atoms with E-state index in [1.54, 1.807) is 23.7 Å². The molecule has 0 aromatic heterocycles. The van der Waals surface area contributed by atoms with Gasteiger partial charge in [0.2, 0.25) is 17.7 Å². The molecular weight excluding hydrogens is 430 g/mol. The molecule has 1 heterocycles. The van der Waals surface area contributed by atoms with Crippen molar-refractivity contribution in [3.63, 3.8) is 0 Å². The van der Waals surface area contributed by atoms with Crippen molar-refractivity contribution >= 4 is 51.1 Å². The van der Waals surface area contributed by atoms with Crippen LogP contribution >= 0.6 is 27.7 Å². The molecule has 0 saturated carbocycles. The maximum absolute atomic E-state index is 12.8. The van der Waals surface area contributed by atoms with Gasteiger partial charge in [0, 0.05) is 29.4 Å². The summed E-state index contributed by atoms with van der Waals surface area (Å²) in [6.07, 6.45) is 2.24. The van der Waals surface area contributed by atoms with Gasteiger partial charge >= 0.3 is 0 Å². The van der Waals surface area contributed by atoms with E-state index in [9.17, 15) is 14.4 Å². The maximum atomic E-state index is 12.8. The van der Waals surface area contributed by atoms with Gasteiger partial charge in [0.15, 0.2) is 0 Å². The van der Waals surface area contributed by atoms with E-state index in [0.29, 0.717) is 18.1 Å². The molecule has 27 heavy (non-hydrogen) atoms. The fourth-order valence-electron chi connectivity index (χ4n) is 2.87. The molecule has 3 amide bonds. The van der Waals surface area contributed by atoms with E-state index in [2.05, 4.69) is 21.2 Å². The summed E-state index contributed by atoms with van der Waals surface area (Å²) < 4.78 is 0.942. The third-order valence-electron chi connectivity index (χ3n) is 4.45. The lowest BCUT2D eigenvalue weighted by Gasteiger charge is -2.27. The molecule has 8 heteroatoms. The normalized spacial score (nSPS) is 16.3. The van der Waals surface area contributed by atoms with Gasteiger partial charge in [-0.15, -0.1) is 11.8 Å². The summed E-state index contributed by atoms with van der Waals surface area (Å²) in [6, 6.07) is 5.11. The highest BCUT2D eigenvalue weighted by Crippen LogP contribution is 2.24. The number of carbonyl (C=O) groups excluding carboxylic acids is 3. The van der Waals surface area contributed by atoms with Crippen LogP contribution in [0.25, 0.3) is 0 Å². The molecule has 0 unspecified atom stereocenters. The van der Waals surface area contributed by atoms with Crippen molar-refractivity contribution < 1.29 is 14.4 Å². The molecule has 1 saturated heterocycles. The van der Waals surface area contributed by atoms with E-state index < -0.39 is 6.04 Å². The minimum atomic E-state index is -0.480. The van der Waals surface area contributed by atoms with Gasteiger partial charge in [-0.25, -0.2) is 0 Å². The summed E-state index contributed by atoms with van der Waals surface area (Å²) >= 11 is 4.97. The Morgan fingerprint density at radius 1 is 1.37 bits per heavy atom. The number of thioether (sulfide) groups is 1. The van der Waals surface area contributed by atoms with Crippen molar-refractivity contribution in [3.05, 3.63) is 28.2 Å². The number of halogens is 1. The molecule has 6 nitrogen and oxygen atoms in total. The van der Waals surface area contributed by atoms with Crippen molar-refractivity contribution in [1.82, 2.24) is 9.80 Å². The van der Waals surface area contributed by atoms with E-state index in [0.717, 1.165) is 28.6 Å². The minimum Gasteiger partial charge on any atom is -0.335 e. The summed E-state index contributed by atoms with van der Waals surface area (Å²) in [5.41, 5.74) is 1.66. The average molecular weight is 456 g/mol. The molecule has 1 aliphatic heterocycles. The van der Waals surface area contributed by atoms with Crippen LogP contribution in [-0.4, -0.2) is 58.8 Å². The van der Waals surface area contributed by atoms with Gasteiger partial charge in [0.05, 0.1) is 12.4 Å². The monoisotopic (exact) mass is 455 g/mol. The van der Waals surface area contributed by atoms with Gasteiger partial charge < -0.3 is 15.1 Å². The Morgan fingerprint density at radius 3 is 2.78 bits per heavy atom. The molecule has 1 fully saturated rings. The molecule has 2 rings (SSSR count). The largest absolute Gasteiger partial charge is 0.335 e. The predicted octanol–water partition coefficient (Wildman–Crippen LogP) is 3.25. The van der Waals surface area contributed by atoms with Gasteiger partial charge in [-0.2, -0.15) is 0 Å². The molecule has 0 bridgehead atoms. The predicted molar refractivity (Wildman–Crippen MR) is 113 cm³/mol. The van der Waals surface area contributed by atoms with E-state index in [4.69, 9.17) is 0 Å². The highest BCUT2D eigenvalue weighted by molar-refractivity contribution is 9.10. The van der Waals surface area contributed by atoms with Crippen LogP contribution in [0.5, 0.6) is 0 Å². The molecule has 0 aliphatic carbocycles. The Labute approximate surface area is 173 Å². The Hall–Kier alpha value is -1.54. The number of amides is 3. The zero-order chi connectivity index (χ0) is 20.0. The SMILES string of the molecule is CCCCC(=O)N1CSC[C@H]1C(=O)N(C)CC(=O)Nc1ccc(Br)cc1C. The number of rotatable bonds is 7. The van der Waals surface area contributed by atoms with E-state index in [1.807, 2.05) is 32.0 Å². The van der Waals surface area contributed by atoms with Crippen LogP contribution < -0.4 is 5.32 Å². The van der Waals surface area contributed by atoms with Crippen LogP contribution in [-0.2, 0) is 14.4 Å². The fraction of sp³-hybridized carbons (Fsp3) is 0.526. The lowest BCUT2D eigenvalue weighted by Crippen LogP contribution is -2.49. The second-order valence-corrected chi connectivity index (χ2v) is 8.60. The first-order valence-corrected chi connectivity index (χ1v) is 11.0. The molecule has 0 spiro atoms. The molecular formula is C19H26BrN3O3S. The van der Waals surface area contributed by atoms with Crippen LogP contribution in [0.15, 0.2) is 22.7 Å². The first kappa shape index (κ1) is 21.8. The average Bonchev–Trinajstić information content (AvgIpc) is 3.11.